The molecule has 2 aromatic carbocycles. The molecule has 1 saturated heterocycles. The molecule has 0 spiro atoms. The second-order valence-electron chi connectivity index (χ2n) is 9.80. The number of hydrogen-bond acceptors (Lipinski definition) is 6. The van der Waals surface area contributed by atoms with E-state index in [2.05, 4.69) is 120 Å². The molecule has 1 fully saturated rings. The van der Waals surface area contributed by atoms with Crippen LogP contribution in [0.25, 0.3) is 0 Å². The van der Waals surface area contributed by atoms with Gasteiger partial charge < -0.3 is 4.90 Å². The van der Waals surface area contributed by atoms with Gasteiger partial charge in [-0.15, -0.1) is 5.10 Å². The summed E-state index contributed by atoms with van der Waals surface area (Å²) in [4.78, 5) is 7.21. The molecule has 3 aromatic rings. The van der Waals surface area contributed by atoms with Crippen LogP contribution in [-0.4, -0.2) is 70.3 Å². The van der Waals surface area contributed by atoms with Gasteiger partial charge in [-0.05, 0) is 54.0 Å². The van der Waals surface area contributed by atoms with Crippen LogP contribution < -0.4 is 4.90 Å². The molecule has 33 heavy (non-hydrogen) atoms. The van der Waals surface area contributed by atoms with Crippen LogP contribution in [0.1, 0.15) is 50.2 Å². The molecule has 2 heterocycles. The topological polar surface area (TPSA) is 53.3 Å². The maximum Gasteiger partial charge on any atom is 0.173 e. The number of piperazine rings is 1. The van der Waals surface area contributed by atoms with Crippen LogP contribution in [0.4, 0.5) is 5.69 Å². The van der Waals surface area contributed by atoms with Crippen LogP contribution in [0.3, 0.4) is 0 Å². The zero-order chi connectivity index (χ0) is 23.4. The summed E-state index contributed by atoms with van der Waals surface area (Å²) in [5, 5.41) is 13.1. The van der Waals surface area contributed by atoms with E-state index in [0.29, 0.717) is 0 Å². The molecule has 0 amide bonds. The summed E-state index contributed by atoms with van der Waals surface area (Å²) in [5.74, 6) is 0.927. The Balaban J connectivity index is 1.60. The molecule has 0 radical (unpaired) electrons. The Kier molecular flexibility index (Phi) is 7.10. The average Bonchev–Trinajstić information content (AvgIpc) is 3.32. The van der Waals surface area contributed by atoms with Crippen molar-refractivity contribution in [3.63, 3.8) is 0 Å². The number of anilines is 1. The average molecular weight is 448 g/mol. The van der Waals surface area contributed by atoms with E-state index in [1.165, 1.54) is 16.8 Å². The minimum absolute atomic E-state index is 0.0286. The summed E-state index contributed by atoms with van der Waals surface area (Å²) in [6.07, 6.45) is 0.960. The Morgan fingerprint density at radius 2 is 1.61 bits per heavy atom. The fraction of sp³-hybridized carbons (Fsp3) is 0.500. The maximum absolute atomic E-state index is 4.56. The molecule has 0 aliphatic carbocycles. The van der Waals surface area contributed by atoms with Crippen molar-refractivity contribution in [3.8, 4) is 0 Å². The van der Waals surface area contributed by atoms with Gasteiger partial charge in [-0.2, -0.15) is 0 Å². The van der Waals surface area contributed by atoms with Crippen molar-refractivity contribution in [2.24, 2.45) is 0 Å². The second kappa shape index (κ2) is 10.0. The van der Waals surface area contributed by atoms with E-state index in [9.17, 15) is 0 Å². The highest BCUT2D eigenvalue weighted by molar-refractivity contribution is 5.47. The van der Waals surface area contributed by atoms with E-state index in [0.717, 1.165) is 45.0 Å². The fourth-order valence-corrected chi connectivity index (χ4v) is 4.44. The van der Waals surface area contributed by atoms with Crippen molar-refractivity contribution in [2.45, 2.75) is 45.3 Å². The van der Waals surface area contributed by atoms with Gasteiger partial charge in [0, 0.05) is 52.5 Å². The molecule has 0 bridgehead atoms. The van der Waals surface area contributed by atoms with Gasteiger partial charge in [-0.1, -0.05) is 49.4 Å². The minimum Gasteiger partial charge on any atom is -0.378 e. The normalized spacial score (nSPS) is 16.6. The van der Waals surface area contributed by atoms with Gasteiger partial charge in [-0.3, -0.25) is 9.80 Å². The zero-order valence-corrected chi connectivity index (χ0v) is 20.6. The number of hydrogen-bond donors (Lipinski definition) is 0. The van der Waals surface area contributed by atoms with Crippen molar-refractivity contribution in [1.82, 2.24) is 30.0 Å². The van der Waals surface area contributed by atoms with Crippen molar-refractivity contribution < 1.29 is 0 Å². The molecule has 7 nitrogen and oxygen atoms in total. The summed E-state index contributed by atoms with van der Waals surface area (Å²) >= 11 is 0. The Bertz CT molecular complexity index is 1000. The lowest BCUT2D eigenvalue weighted by atomic mass is 9.98. The van der Waals surface area contributed by atoms with Crippen molar-refractivity contribution in [1.29, 1.82) is 0 Å². The minimum atomic E-state index is -0.143. The molecule has 1 aliphatic rings. The SMILES string of the molecule is CCC(C)(C)n1nnnc1[C@H](c1ccc(N(C)C)cc1)N1CCN(Cc2ccccc2)CC1. The summed E-state index contributed by atoms with van der Waals surface area (Å²) in [6.45, 7) is 11.6. The van der Waals surface area contributed by atoms with Crippen molar-refractivity contribution in [3.05, 3.63) is 71.5 Å². The first-order valence-corrected chi connectivity index (χ1v) is 12.0. The van der Waals surface area contributed by atoms with Crippen LogP contribution in [0.15, 0.2) is 54.6 Å². The Morgan fingerprint density at radius 3 is 2.21 bits per heavy atom. The molecular formula is C26H37N7. The summed E-state index contributed by atoms with van der Waals surface area (Å²) < 4.78 is 2.04. The van der Waals surface area contributed by atoms with Crippen molar-refractivity contribution >= 4 is 5.69 Å². The Labute approximate surface area is 198 Å². The van der Waals surface area contributed by atoms with E-state index < -0.39 is 0 Å². The van der Waals surface area contributed by atoms with Gasteiger partial charge in [0.25, 0.3) is 0 Å². The lowest BCUT2D eigenvalue weighted by molar-refractivity contribution is 0.0973. The number of nitrogens with zero attached hydrogens (tertiary/aromatic N) is 7. The molecule has 1 atom stereocenters. The molecule has 0 saturated carbocycles. The smallest absolute Gasteiger partial charge is 0.173 e. The zero-order valence-electron chi connectivity index (χ0n) is 20.6. The maximum atomic E-state index is 4.56. The second-order valence-corrected chi connectivity index (χ2v) is 9.80. The lowest BCUT2D eigenvalue weighted by Crippen LogP contribution is -2.48. The summed E-state index contributed by atoms with van der Waals surface area (Å²) in [6, 6.07) is 19.6. The third kappa shape index (κ3) is 5.25. The highest BCUT2D eigenvalue weighted by Gasteiger charge is 2.34. The predicted molar refractivity (Wildman–Crippen MR) is 133 cm³/mol. The number of rotatable bonds is 8. The monoisotopic (exact) mass is 447 g/mol. The van der Waals surface area contributed by atoms with Crippen LogP contribution in [0, 0.1) is 0 Å². The largest absolute Gasteiger partial charge is 0.378 e. The van der Waals surface area contributed by atoms with Crippen LogP contribution >= 0.6 is 0 Å². The quantitative estimate of drug-likeness (QED) is 0.524. The number of benzene rings is 2. The van der Waals surface area contributed by atoms with Gasteiger partial charge in [0.15, 0.2) is 5.82 Å². The molecule has 7 heteroatoms. The van der Waals surface area contributed by atoms with E-state index in [4.69, 9.17) is 0 Å². The van der Waals surface area contributed by atoms with Crippen LogP contribution in [-0.2, 0) is 12.1 Å². The molecule has 4 rings (SSSR count). The Hall–Kier alpha value is -2.77. The fourth-order valence-electron chi connectivity index (χ4n) is 4.44. The number of tetrazole rings is 1. The lowest BCUT2D eigenvalue weighted by Gasteiger charge is -2.39. The van der Waals surface area contributed by atoms with Gasteiger partial charge in [0.1, 0.15) is 0 Å². The van der Waals surface area contributed by atoms with Gasteiger partial charge >= 0.3 is 0 Å². The van der Waals surface area contributed by atoms with E-state index in [1.54, 1.807) is 0 Å². The third-order valence-electron chi connectivity index (χ3n) is 6.92. The highest BCUT2D eigenvalue weighted by Crippen LogP contribution is 2.32. The van der Waals surface area contributed by atoms with Gasteiger partial charge in [0.05, 0.1) is 11.6 Å². The first kappa shape index (κ1) is 23.4. The molecule has 176 valence electrons. The summed E-state index contributed by atoms with van der Waals surface area (Å²) in [5.41, 5.74) is 3.66. The van der Waals surface area contributed by atoms with E-state index >= 15 is 0 Å². The highest BCUT2D eigenvalue weighted by atomic mass is 15.6. The predicted octanol–water partition coefficient (Wildman–Crippen LogP) is 3.79. The Morgan fingerprint density at radius 1 is 0.939 bits per heavy atom. The molecular weight excluding hydrogens is 410 g/mol. The first-order valence-electron chi connectivity index (χ1n) is 12.0. The first-order chi connectivity index (χ1) is 15.9. The number of aromatic nitrogens is 4. The summed E-state index contributed by atoms with van der Waals surface area (Å²) in [7, 11) is 4.14. The molecule has 1 aromatic heterocycles. The van der Waals surface area contributed by atoms with Gasteiger partial charge in [-0.25, -0.2) is 4.68 Å². The van der Waals surface area contributed by atoms with E-state index in [-0.39, 0.29) is 11.6 Å². The molecule has 0 N–H and O–H groups in total. The van der Waals surface area contributed by atoms with Crippen molar-refractivity contribution in [2.75, 3.05) is 45.2 Å². The van der Waals surface area contributed by atoms with Gasteiger partial charge in [0.2, 0.25) is 0 Å². The molecule has 0 unspecified atom stereocenters. The standard InChI is InChI=1S/C26H37N7/c1-6-26(2,3)33-25(27-28-29-33)24(22-12-14-23(15-13-22)30(4)5)32-18-16-31(17-19-32)20-21-10-8-7-9-11-21/h7-15,24H,6,16-20H2,1-5H3/t24-/m0/s1. The van der Waals surface area contributed by atoms with Crippen LogP contribution in [0.2, 0.25) is 0 Å². The molecule has 1 aliphatic heterocycles. The van der Waals surface area contributed by atoms with E-state index in [1.807, 2.05) is 4.68 Å². The third-order valence-corrected chi connectivity index (χ3v) is 6.92. The van der Waals surface area contributed by atoms with Crippen LogP contribution in [0.5, 0.6) is 0 Å².